The number of ether oxygens (including phenoxy) is 1. The summed E-state index contributed by atoms with van der Waals surface area (Å²) < 4.78 is 41.8. The fraction of sp³-hybridized carbons (Fsp3) is 0.300. The van der Waals surface area contributed by atoms with E-state index in [9.17, 15) is 18.0 Å². The van der Waals surface area contributed by atoms with Gasteiger partial charge in [-0.25, -0.2) is 9.78 Å². The lowest BCUT2D eigenvalue weighted by atomic mass is 10.3. The van der Waals surface area contributed by atoms with Crippen LogP contribution in [0.5, 0.6) is 0 Å². The predicted molar refractivity (Wildman–Crippen MR) is 70.6 cm³/mol. The van der Waals surface area contributed by atoms with Crippen molar-refractivity contribution in [1.82, 2.24) is 10.3 Å². The first kappa shape index (κ1) is 16.4. The molecule has 0 spiro atoms. The van der Waals surface area contributed by atoms with Crippen LogP contribution in [0.1, 0.15) is 12.5 Å². The van der Waals surface area contributed by atoms with E-state index in [1.165, 1.54) is 0 Å². The van der Waals surface area contributed by atoms with Gasteiger partial charge in [0.2, 0.25) is 0 Å². The monoisotopic (exact) mass is 327 g/mol. The number of carbonyl (C=O) groups excluding carboxylic acids is 1. The third-order valence-electron chi connectivity index (χ3n) is 1.89. The third-order valence-corrected chi connectivity index (χ3v) is 2.38. The zero-order valence-electron chi connectivity index (χ0n) is 10.0. The molecule has 0 aliphatic carbocycles. The van der Waals surface area contributed by atoms with Crippen molar-refractivity contribution < 1.29 is 22.7 Å². The largest absolute Gasteiger partial charge is 0.450 e. The molecule has 10 heteroatoms. The van der Waals surface area contributed by atoms with E-state index < -0.39 is 17.8 Å². The number of alkyl halides is 3. The molecule has 1 heterocycles. The van der Waals surface area contributed by atoms with Gasteiger partial charge in [0.1, 0.15) is 0 Å². The minimum Gasteiger partial charge on any atom is -0.450 e. The van der Waals surface area contributed by atoms with Gasteiger partial charge >= 0.3 is 12.3 Å². The summed E-state index contributed by atoms with van der Waals surface area (Å²) in [6.45, 7) is 1.75. The number of hydrogen-bond donors (Lipinski definition) is 2. The Morgan fingerprint density at radius 1 is 1.55 bits per heavy atom. The molecule has 0 saturated carbocycles. The molecular weight excluding hydrogens is 319 g/mol. The molecule has 0 aliphatic heterocycles. The van der Waals surface area contributed by atoms with E-state index in [1.807, 2.05) is 0 Å². The Labute approximate surface area is 122 Å². The molecule has 0 radical (unpaired) electrons. The molecule has 20 heavy (non-hydrogen) atoms. The number of thiocarbonyl (C=S) groups is 1. The van der Waals surface area contributed by atoms with Crippen molar-refractivity contribution in [3.05, 3.63) is 22.8 Å². The smallest absolute Gasteiger partial charge is 0.417 e. The van der Waals surface area contributed by atoms with Gasteiger partial charge in [0, 0.05) is 6.20 Å². The Morgan fingerprint density at radius 2 is 2.20 bits per heavy atom. The number of nitrogens with one attached hydrogen (secondary N) is 2. The van der Waals surface area contributed by atoms with Crippen LogP contribution in [0.4, 0.5) is 23.8 Å². The summed E-state index contributed by atoms with van der Waals surface area (Å²) in [6, 6.07) is 0.698. The normalized spacial score (nSPS) is 10.8. The van der Waals surface area contributed by atoms with E-state index in [1.54, 1.807) is 6.92 Å². The molecule has 0 saturated heterocycles. The van der Waals surface area contributed by atoms with Crippen LogP contribution in [0.2, 0.25) is 5.02 Å². The van der Waals surface area contributed by atoms with Gasteiger partial charge in [-0.2, -0.15) is 13.2 Å². The van der Waals surface area contributed by atoms with Gasteiger partial charge in [-0.15, -0.1) is 0 Å². The maximum atomic E-state index is 12.4. The molecule has 1 amide bonds. The van der Waals surface area contributed by atoms with Crippen LogP contribution in [0, 0.1) is 0 Å². The van der Waals surface area contributed by atoms with Crippen LogP contribution in [0.15, 0.2) is 12.3 Å². The summed E-state index contributed by atoms with van der Waals surface area (Å²) in [7, 11) is 0. The maximum absolute atomic E-state index is 12.4. The van der Waals surface area contributed by atoms with E-state index >= 15 is 0 Å². The standard InChI is InChI=1S/C10H9ClF3N3O2S/c1-2-19-9(18)17-8(20)16-7-6(11)3-5(4-15-7)10(12,13)14/h3-4H,2H2,1H3,(H2,15,16,17,18,20). The lowest BCUT2D eigenvalue weighted by Gasteiger charge is -2.11. The molecule has 1 aromatic heterocycles. The van der Waals surface area contributed by atoms with E-state index in [-0.39, 0.29) is 22.6 Å². The van der Waals surface area contributed by atoms with Crippen molar-refractivity contribution in [2.75, 3.05) is 11.9 Å². The van der Waals surface area contributed by atoms with Gasteiger partial charge in [0.05, 0.1) is 17.2 Å². The highest BCUT2D eigenvalue weighted by molar-refractivity contribution is 7.80. The van der Waals surface area contributed by atoms with Gasteiger partial charge in [-0.05, 0) is 25.2 Å². The topological polar surface area (TPSA) is 63.2 Å². The number of hydrogen-bond acceptors (Lipinski definition) is 4. The number of nitrogens with zero attached hydrogens (tertiary/aromatic N) is 1. The first-order valence-corrected chi connectivity index (χ1v) is 6.00. The van der Waals surface area contributed by atoms with Crippen molar-refractivity contribution in [3.8, 4) is 0 Å². The Hall–Kier alpha value is -1.61. The van der Waals surface area contributed by atoms with Crippen molar-refractivity contribution >= 4 is 40.8 Å². The van der Waals surface area contributed by atoms with Crippen LogP contribution in [0.25, 0.3) is 0 Å². The first-order valence-electron chi connectivity index (χ1n) is 5.21. The zero-order valence-corrected chi connectivity index (χ0v) is 11.6. The molecular formula is C10H9ClF3N3O2S. The summed E-state index contributed by atoms with van der Waals surface area (Å²) in [4.78, 5) is 14.5. The van der Waals surface area contributed by atoms with E-state index in [4.69, 9.17) is 23.8 Å². The Balaban J connectivity index is 2.74. The fourth-order valence-electron chi connectivity index (χ4n) is 1.08. The molecule has 0 atom stereocenters. The van der Waals surface area contributed by atoms with Gasteiger partial charge in [-0.3, -0.25) is 5.32 Å². The average molecular weight is 328 g/mol. The molecule has 0 fully saturated rings. The molecule has 0 unspecified atom stereocenters. The highest BCUT2D eigenvalue weighted by Crippen LogP contribution is 2.32. The van der Waals surface area contributed by atoms with Crippen molar-refractivity contribution in [3.63, 3.8) is 0 Å². The minimum atomic E-state index is -4.54. The molecule has 110 valence electrons. The number of halogens is 4. The first-order chi connectivity index (χ1) is 9.24. The summed E-state index contributed by atoms with van der Waals surface area (Å²) in [5.74, 6) is -0.110. The minimum absolute atomic E-state index is 0.110. The number of amides is 1. The number of alkyl carbamates (subject to hydrolysis) is 1. The highest BCUT2D eigenvalue weighted by atomic mass is 35.5. The van der Waals surface area contributed by atoms with Gasteiger partial charge < -0.3 is 10.1 Å². The highest BCUT2D eigenvalue weighted by Gasteiger charge is 2.31. The Bertz CT molecular complexity index is 525. The number of carbonyl (C=O) groups is 1. The summed E-state index contributed by atoms with van der Waals surface area (Å²) >= 11 is 10.4. The second kappa shape index (κ2) is 6.71. The quantitative estimate of drug-likeness (QED) is 0.817. The zero-order chi connectivity index (χ0) is 15.3. The molecule has 1 rings (SSSR count). The number of aromatic nitrogens is 1. The van der Waals surface area contributed by atoms with Crippen LogP contribution in [0.3, 0.4) is 0 Å². The second-order valence-electron chi connectivity index (χ2n) is 3.35. The SMILES string of the molecule is CCOC(=O)NC(=S)Nc1ncc(C(F)(F)F)cc1Cl. The molecule has 0 aromatic carbocycles. The lowest BCUT2D eigenvalue weighted by Crippen LogP contribution is -2.34. The van der Waals surface area contributed by atoms with Crippen molar-refractivity contribution in [1.29, 1.82) is 0 Å². The van der Waals surface area contributed by atoms with Crippen molar-refractivity contribution in [2.45, 2.75) is 13.1 Å². The van der Waals surface area contributed by atoms with Gasteiger partial charge in [0.15, 0.2) is 10.9 Å². The van der Waals surface area contributed by atoms with E-state index in [0.29, 0.717) is 12.3 Å². The van der Waals surface area contributed by atoms with Gasteiger partial charge in [-0.1, -0.05) is 11.6 Å². The molecule has 5 nitrogen and oxygen atoms in total. The van der Waals surface area contributed by atoms with Gasteiger partial charge in [0.25, 0.3) is 0 Å². The van der Waals surface area contributed by atoms with E-state index in [2.05, 4.69) is 20.4 Å². The van der Waals surface area contributed by atoms with Crippen LogP contribution >= 0.6 is 23.8 Å². The van der Waals surface area contributed by atoms with Crippen molar-refractivity contribution in [2.24, 2.45) is 0 Å². The summed E-state index contributed by atoms with van der Waals surface area (Å²) in [6.07, 6.45) is -4.74. The Morgan fingerprint density at radius 3 is 2.70 bits per heavy atom. The summed E-state index contributed by atoms with van der Waals surface area (Å²) in [5, 5.41) is 4.05. The predicted octanol–water partition coefficient (Wildman–Crippen LogP) is 3.20. The molecule has 1 aromatic rings. The number of pyridine rings is 1. The van der Waals surface area contributed by atoms with E-state index in [0.717, 1.165) is 0 Å². The number of anilines is 1. The second-order valence-corrected chi connectivity index (χ2v) is 4.17. The molecule has 0 bridgehead atoms. The van der Waals surface area contributed by atoms with Crippen LogP contribution in [-0.2, 0) is 10.9 Å². The maximum Gasteiger partial charge on any atom is 0.417 e. The van der Waals surface area contributed by atoms with Crippen LogP contribution < -0.4 is 10.6 Å². The lowest BCUT2D eigenvalue weighted by molar-refractivity contribution is -0.137. The summed E-state index contributed by atoms with van der Waals surface area (Å²) in [5.41, 5.74) is -0.989. The molecule has 2 N–H and O–H groups in total. The van der Waals surface area contributed by atoms with Crippen LogP contribution in [-0.4, -0.2) is 22.8 Å². The third kappa shape index (κ3) is 4.82. The fourth-order valence-corrected chi connectivity index (χ4v) is 1.48. The Kier molecular flexibility index (Phi) is 5.52. The molecule has 0 aliphatic rings. The average Bonchev–Trinajstić information content (AvgIpc) is 2.30. The number of rotatable bonds is 2.